The molecule has 0 aliphatic carbocycles. The predicted octanol–water partition coefficient (Wildman–Crippen LogP) is 5.46. The normalized spacial score (nSPS) is 10.5. The number of fused-ring (bicyclic) bond motifs is 1. The molecule has 0 bridgehead atoms. The number of aromatic nitrogens is 1. The first-order valence-corrected chi connectivity index (χ1v) is 11.1. The van der Waals surface area contributed by atoms with Crippen LogP contribution in [0.4, 0.5) is 0 Å². The van der Waals surface area contributed by atoms with Gasteiger partial charge in [0.15, 0.2) is 0 Å². The summed E-state index contributed by atoms with van der Waals surface area (Å²) in [6, 6.07) is 26.7. The maximum atomic E-state index is 12.8. The van der Waals surface area contributed by atoms with E-state index in [1.54, 1.807) is 18.3 Å². The maximum Gasteiger partial charge on any atom is 0.252 e. The molecule has 0 radical (unpaired) electrons. The molecular weight excluding hydrogens is 418 g/mol. The van der Waals surface area contributed by atoms with Gasteiger partial charge in [-0.05, 0) is 42.8 Å². The fourth-order valence-electron chi connectivity index (χ4n) is 3.25. The Morgan fingerprint density at radius 2 is 1.75 bits per heavy atom. The molecule has 4 rings (SSSR count). The molecule has 32 heavy (non-hydrogen) atoms. The van der Waals surface area contributed by atoms with E-state index in [0.29, 0.717) is 30.7 Å². The van der Waals surface area contributed by atoms with E-state index in [1.807, 2.05) is 66.7 Å². The Kier molecular flexibility index (Phi) is 7.01. The van der Waals surface area contributed by atoms with Crippen molar-refractivity contribution in [1.29, 1.82) is 5.26 Å². The summed E-state index contributed by atoms with van der Waals surface area (Å²) in [5.74, 6) is 0.599. The summed E-state index contributed by atoms with van der Waals surface area (Å²) in [5, 5.41) is 13.3. The first kappa shape index (κ1) is 21.4. The van der Waals surface area contributed by atoms with Crippen molar-refractivity contribution in [2.24, 2.45) is 0 Å². The van der Waals surface area contributed by atoms with E-state index in [2.05, 4.69) is 16.4 Å². The lowest BCUT2D eigenvalue weighted by Gasteiger charge is -2.11. The van der Waals surface area contributed by atoms with Gasteiger partial charge in [-0.25, -0.2) is 0 Å². The molecular formula is C26H21N3O2S. The van der Waals surface area contributed by atoms with E-state index in [-0.39, 0.29) is 5.91 Å². The molecule has 0 saturated carbocycles. The van der Waals surface area contributed by atoms with Gasteiger partial charge in [0.2, 0.25) is 0 Å². The number of nitriles is 1. The van der Waals surface area contributed by atoms with Crippen LogP contribution in [0.15, 0.2) is 94.9 Å². The van der Waals surface area contributed by atoms with Crippen molar-refractivity contribution in [3.8, 4) is 11.8 Å². The third-order valence-electron chi connectivity index (χ3n) is 4.82. The minimum atomic E-state index is -0.144. The number of hydrogen-bond donors (Lipinski definition) is 1. The molecule has 4 aromatic rings. The molecule has 158 valence electrons. The average Bonchev–Trinajstić information content (AvgIpc) is 2.84. The minimum absolute atomic E-state index is 0.144. The first-order chi connectivity index (χ1) is 15.8. The second-order valence-corrected chi connectivity index (χ2v) is 8.08. The van der Waals surface area contributed by atoms with Gasteiger partial charge in [-0.2, -0.15) is 5.26 Å². The monoisotopic (exact) mass is 439 g/mol. The molecule has 0 fully saturated rings. The van der Waals surface area contributed by atoms with Crippen LogP contribution in [0.5, 0.6) is 5.75 Å². The Labute approximate surface area is 191 Å². The van der Waals surface area contributed by atoms with Crippen molar-refractivity contribution in [3.63, 3.8) is 0 Å². The van der Waals surface area contributed by atoms with Crippen LogP contribution < -0.4 is 10.1 Å². The summed E-state index contributed by atoms with van der Waals surface area (Å²) in [6.07, 6.45) is 2.42. The topological polar surface area (TPSA) is 75.0 Å². The second-order valence-electron chi connectivity index (χ2n) is 7.00. The number of nitrogens with zero attached hydrogens (tertiary/aromatic N) is 2. The van der Waals surface area contributed by atoms with Crippen molar-refractivity contribution in [3.05, 3.63) is 96.2 Å². The number of amides is 1. The zero-order valence-electron chi connectivity index (χ0n) is 17.3. The highest BCUT2D eigenvalue weighted by molar-refractivity contribution is 7.99. The number of carbonyl (C=O) groups is 1. The van der Waals surface area contributed by atoms with E-state index in [9.17, 15) is 10.1 Å². The van der Waals surface area contributed by atoms with E-state index >= 15 is 0 Å². The maximum absolute atomic E-state index is 12.8. The van der Waals surface area contributed by atoms with Crippen molar-refractivity contribution < 1.29 is 9.53 Å². The largest absolute Gasteiger partial charge is 0.491 e. The molecule has 1 N–H and O–H groups in total. The van der Waals surface area contributed by atoms with Gasteiger partial charge in [-0.3, -0.25) is 9.78 Å². The van der Waals surface area contributed by atoms with Crippen LogP contribution in [0.25, 0.3) is 10.9 Å². The highest BCUT2D eigenvalue weighted by Crippen LogP contribution is 2.32. The molecule has 1 heterocycles. The van der Waals surface area contributed by atoms with E-state index in [1.165, 1.54) is 11.8 Å². The van der Waals surface area contributed by atoms with Crippen molar-refractivity contribution >= 4 is 28.6 Å². The van der Waals surface area contributed by atoms with Crippen LogP contribution in [-0.2, 0) is 0 Å². The Balaban J connectivity index is 1.33. The summed E-state index contributed by atoms with van der Waals surface area (Å²) in [6.45, 7) is 0.965. The highest BCUT2D eigenvalue weighted by Gasteiger charge is 2.13. The SMILES string of the molecule is N#Cc1ccccc1Sc1ccccc1C(=O)NCCCOc1cccc2cccnc12. The number of pyridine rings is 1. The molecule has 3 aromatic carbocycles. The van der Waals surface area contributed by atoms with Gasteiger partial charge < -0.3 is 10.1 Å². The van der Waals surface area contributed by atoms with Gasteiger partial charge in [-0.1, -0.05) is 54.2 Å². The quantitative estimate of drug-likeness (QED) is 0.369. The molecule has 0 spiro atoms. The van der Waals surface area contributed by atoms with E-state index < -0.39 is 0 Å². The van der Waals surface area contributed by atoms with E-state index in [0.717, 1.165) is 26.4 Å². The molecule has 1 aromatic heterocycles. The van der Waals surface area contributed by atoms with Crippen LogP contribution in [-0.4, -0.2) is 24.0 Å². The number of benzene rings is 3. The zero-order valence-corrected chi connectivity index (χ0v) is 18.1. The Hall–Kier alpha value is -3.82. The standard InChI is InChI=1S/C26H21N3O2S/c27-18-20-8-1-3-13-23(20)32-24-14-4-2-11-21(24)26(30)29-16-7-17-31-22-12-5-9-19-10-6-15-28-25(19)22/h1-6,8-15H,7,16-17H2,(H,29,30). The Bertz CT molecular complexity index is 1280. The lowest BCUT2D eigenvalue weighted by molar-refractivity contribution is 0.0948. The fraction of sp³-hybridized carbons (Fsp3) is 0.115. The summed E-state index contributed by atoms with van der Waals surface area (Å²) in [7, 11) is 0. The van der Waals surface area contributed by atoms with Crippen LogP contribution in [0, 0.1) is 11.3 Å². The molecule has 6 heteroatoms. The lowest BCUT2D eigenvalue weighted by atomic mass is 10.2. The zero-order chi connectivity index (χ0) is 22.2. The minimum Gasteiger partial charge on any atom is -0.491 e. The number of ether oxygens (including phenoxy) is 1. The predicted molar refractivity (Wildman–Crippen MR) is 126 cm³/mol. The molecule has 0 atom stereocenters. The van der Waals surface area contributed by atoms with Crippen molar-refractivity contribution in [2.75, 3.05) is 13.2 Å². The molecule has 5 nitrogen and oxygen atoms in total. The van der Waals surface area contributed by atoms with Gasteiger partial charge in [0.05, 0.1) is 17.7 Å². The van der Waals surface area contributed by atoms with E-state index in [4.69, 9.17) is 4.74 Å². The molecule has 1 amide bonds. The first-order valence-electron chi connectivity index (χ1n) is 10.3. The van der Waals surface area contributed by atoms with Crippen LogP contribution >= 0.6 is 11.8 Å². The second kappa shape index (κ2) is 10.5. The van der Waals surface area contributed by atoms with Gasteiger partial charge >= 0.3 is 0 Å². The van der Waals surface area contributed by atoms with Crippen LogP contribution in [0.2, 0.25) is 0 Å². The van der Waals surface area contributed by atoms with Gasteiger partial charge in [0.25, 0.3) is 5.91 Å². The van der Waals surface area contributed by atoms with Gasteiger partial charge in [-0.15, -0.1) is 0 Å². The molecule has 0 unspecified atom stereocenters. The Morgan fingerprint density at radius 3 is 2.62 bits per heavy atom. The van der Waals surface area contributed by atoms with Crippen LogP contribution in [0.1, 0.15) is 22.3 Å². The third kappa shape index (κ3) is 5.08. The number of rotatable bonds is 8. The summed E-state index contributed by atoms with van der Waals surface area (Å²) >= 11 is 1.42. The summed E-state index contributed by atoms with van der Waals surface area (Å²) in [5.41, 5.74) is 2.01. The summed E-state index contributed by atoms with van der Waals surface area (Å²) < 4.78 is 5.89. The molecule has 0 aliphatic rings. The number of carbonyl (C=O) groups excluding carboxylic acids is 1. The lowest BCUT2D eigenvalue weighted by Crippen LogP contribution is -2.26. The van der Waals surface area contributed by atoms with Crippen LogP contribution in [0.3, 0.4) is 0 Å². The van der Waals surface area contributed by atoms with Crippen molar-refractivity contribution in [1.82, 2.24) is 10.3 Å². The smallest absolute Gasteiger partial charge is 0.252 e. The fourth-order valence-corrected chi connectivity index (χ4v) is 4.28. The molecule has 0 aliphatic heterocycles. The summed E-state index contributed by atoms with van der Waals surface area (Å²) in [4.78, 5) is 18.8. The van der Waals surface area contributed by atoms with Gasteiger partial charge in [0, 0.05) is 27.9 Å². The molecule has 0 saturated heterocycles. The van der Waals surface area contributed by atoms with Gasteiger partial charge in [0.1, 0.15) is 17.3 Å². The number of para-hydroxylation sites is 1. The number of hydrogen-bond acceptors (Lipinski definition) is 5. The highest BCUT2D eigenvalue weighted by atomic mass is 32.2. The van der Waals surface area contributed by atoms with Crippen molar-refractivity contribution in [2.45, 2.75) is 16.2 Å². The number of nitrogens with one attached hydrogen (secondary N) is 1. The third-order valence-corrected chi connectivity index (χ3v) is 5.97. The Morgan fingerprint density at radius 1 is 0.969 bits per heavy atom. The average molecular weight is 440 g/mol.